The Kier molecular flexibility index (Phi) is 2.83. The van der Waals surface area contributed by atoms with Crippen molar-refractivity contribution in [3.8, 4) is 5.82 Å². The van der Waals surface area contributed by atoms with Crippen molar-refractivity contribution in [2.75, 3.05) is 5.73 Å². The van der Waals surface area contributed by atoms with E-state index in [1.165, 1.54) is 4.68 Å². The van der Waals surface area contributed by atoms with Crippen LogP contribution in [0.2, 0.25) is 0 Å². The maximum absolute atomic E-state index is 10.3. The van der Waals surface area contributed by atoms with Crippen molar-refractivity contribution in [2.45, 2.75) is 38.9 Å². The van der Waals surface area contributed by atoms with Crippen molar-refractivity contribution < 1.29 is 14.8 Å². The largest absolute Gasteiger partial charge is 0.384 e. The van der Waals surface area contributed by atoms with Crippen LogP contribution >= 0.6 is 0 Å². The van der Waals surface area contributed by atoms with Gasteiger partial charge in [-0.2, -0.15) is 4.68 Å². The van der Waals surface area contributed by atoms with Gasteiger partial charge >= 0.3 is 0 Å². The van der Waals surface area contributed by atoms with Gasteiger partial charge in [0.2, 0.25) is 11.6 Å². The molecule has 0 unspecified atom stereocenters. The maximum Gasteiger partial charge on any atom is 0.243 e. The van der Waals surface area contributed by atoms with Gasteiger partial charge in [0.1, 0.15) is 22.6 Å². The molecule has 2 rings (SSSR count). The molecule has 0 aliphatic carbocycles. The topological polar surface area (TPSA) is 136 Å². The number of nitrogens with zero attached hydrogens (tertiary/aromatic N) is 5. The van der Waals surface area contributed by atoms with E-state index in [1.807, 2.05) is 0 Å². The Hall–Kier alpha value is -2.00. The van der Waals surface area contributed by atoms with E-state index in [1.54, 1.807) is 27.7 Å². The Morgan fingerprint density at radius 1 is 1.11 bits per heavy atom. The fraction of sp³-hybridized carbons (Fsp3) is 0.600. The van der Waals surface area contributed by atoms with Crippen molar-refractivity contribution in [3.63, 3.8) is 0 Å². The first kappa shape index (κ1) is 13.4. The van der Waals surface area contributed by atoms with Crippen LogP contribution in [0.25, 0.3) is 5.82 Å². The average molecular weight is 268 g/mol. The van der Waals surface area contributed by atoms with Crippen LogP contribution < -0.4 is 5.73 Å². The van der Waals surface area contributed by atoms with Gasteiger partial charge in [0, 0.05) is 0 Å². The van der Waals surface area contributed by atoms with Crippen molar-refractivity contribution in [3.05, 3.63) is 11.4 Å². The van der Waals surface area contributed by atoms with Crippen molar-refractivity contribution in [1.29, 1.82) is 0 Å². The second-order valence-corrected chi connectivity index (χ2v) is 5.29. The van der Waals surface area contributed by atoms with Crippen LogP contribution in [0.5, 0.6) is 0 Å². The van der Waals surface area contributed by atoms with Gasteiger partial charge in [-0.25, -0.2) is 4.63 Å². The van der Waals surface area contributed by atoms with Crippen molar-refractivity contribution in [1.82, 2.24) is 25.3 Å². The number of hydrogen-bond acceptors (Lipinski definition) is 8. The minimum absolute atomic E-state index is 0.0118. The minimum atomic E-state index is -1.32. The maximum atomic E-state index is 10.3. The highest BCUT2D eigenvalue weighted by Gasteiger charge is 2.36. The van der Waals surface area contributed by atoms with Gasteiger partial charge in [0.15, 0.2) is 0 Å². The molecular weight excluding hydrogens is 252 g/mol. The van der Waals surface area contributed by atoms with Gasteiger partial charge in [-0.15, -0.1) is 5.10 Å². The summed E-state index contributed by atoms with van der Waals surface area (Å²) >= 11 is 0. The first-order chi connectivity index (χ1) is 8.62. The lowest BCUT2D eigenvalue weighted by molar-refractivity contribution is 0.0458. The van der Waals surface area contributed by atoms with E-state index in [0.717, 1.165) is 0 Å². The number of aliphatic hydroxyl groups is 2. The summed E-state index contributed by atoms with van der Waals surface area (Å²) in [5.41, 5.74) is 3.50. The van der Waals surface area contributed by atoms with Gasteiger partial charge < -0.3 is 15.9 Å². The second-order valence-electron chi connectivity index (χ2n) is 5.29. The SMILES string of the molecule is CC(C)(O)c1nnn(-c2nonc2N)c1C(C)(C)O. The molecule has 9 heteroatoms. The highest BCUT2D eigenvalue weighted by molar-refractivity contribution is 5.45. The highest BCUT2D eigenvalue weighted by Crippen LogP contribution is 2.31. The summed E-state index contributed by atoms with van der Waals surface area (Å²) in [5.74, 6) is 0.123. The van der Waals surface area contributed by atoms with E-state index in [9.17, 15) is 10.2 Å². The number of aromatic nitrogens is 5. The molecule has 4 N–H and O–H groups in total. The molecule has 0 saturated heterocycles. The summed E-state index contributed by atoms with van der Waals surface area (Å²) in [7, 11) is 0. The van der Waals surface area contributed by atoms with Gasteiger partial charge in [0.25, 0.3) is 0 Å². The third-order valence-electron chi connectivity index (χ3n) is 2.53. The van der Waals surface area contributed by atoms with Crippen molar-refractivity contribution in [2.24, 2.45) is 0 Å². The molecule has 0 saturated carbocycles. The second kappa shape index (κ2) is 4.00. The smallest absolute Gasteiger partial charge is 0.243 e. The summed E-state index contributed by atoms with van der Waals surface area (Å²) in [6, 6.07) is 0. The molecule has 2 heterocycles. The Morgan fingerprint density at radius 3 is 2.16 bits per heavy atom. The molecule has 0 radical (unpaired) electrons. The van der Waals surface area contributed by atoms with Crippen LogP contribution in [0.1, 0.15) is 39.1 Å². The highest BCUT2D eigenvalue weighted by atomic mass is 16.6. The molecule has 0 atom stereocenters. The zero-order chi connectivity index (χ0) is 14.4. The molecule has 2 aromatic rings. The predicted molar refractivity (Wildman–Crippen MR) is 64.1 cm³/mol. The van der Waals surface area contributed by atoms with E-state index in [0.29, 0.717) is 0 Å². The molecule has 0 aliphatic heterocycles. The Labute approximate surface area is 109 Å². The molecule has 0 aromatic carbocycles. The third-order valence-corrected chi connectivity index (χ3v) is 2.53. The summed E-state index contributed by atoms with van der Waals surface area (Å²) < 4.78 is 5.71. The fourth-order valence-corrected chi connectivity index (χ4v) is 1.73. The number of nitrogen functional groups attached to an aromatic ring is 1. The molecule has 104 valence electrons. The number of nitrogens with two attached hydrogens (primary N) is 1. The van der Waals surface area contributed by atoms with E-state index in [4.69, 9.17) is 5.73 Å². The lowest BCUT2D eigenvalue weighted by atomic mass is 9.95. The van der Waals surface area contributed by atoms with E-state index >= 15 is 0 Å². The summed E-state index contributed by atoms with van der Waals surface area (Å²) in [6.45, 7) is 6.17. The first-order valence-corrected chi connectivity index (χ1v) is 5.62. The zero-order valence-electron chi connectivity index (χ0n) is 11.1. The Morgan fingerprint density at radius 2 is 1.74 bits per heavy atom. The molecular formula is C10H16N6O3. The molecule has 0 spiro atoms. The Balaban J connectivity index is 2.71. The Bertz CT molecular complexity index is 589. The van der Waals surface area contributed by atoms with Crippen LogP contribution in [0.4, 0.5) is 5.82 Å². The van der Waals surface area contributed by atoms with E-state index < -0.39 is 11.2 Å². The van der Waals surface area contributed by atoms with E-state index in [-0.39, 0.29) is 23.0 Å². The quantitative estimate of drug-likeness (QED) is 0.689. The molecule has 2 aromatic heterocycles. The van der Waals surface area contributed by atoms with Gasteiger partial charge in [-0.05, 0) is 38.0 Å². The number of hydrogen-bond donors (Lipinski definition) is 3. The average Bonchev–Trinajstić information content (AvgIpc) is 2.79. The lowest BCUT2D eigenvalue weighted by Gasteiger charge is -2.23. The van der Waals surface area contributed by atoms with Gasteiger partial charge in [-0.1, -0.05) is 5.21 Å². The first-order valence-electron chi connectivity index (χ1n) is 5.62. The molecule has 0 fully saturated rings. The minimum Gasteiger partial charge on any atom is -0.384 e. The fourth-order valence-electron chi connectivity index (χ4n) is 1.73. The van der Waals surface area contributed by atoms with E-state index in [2.05, 4.69) is 25.3 Å². The normalized spacial score (nSPS) is 12.9. The number of anilines is 1. The molecule has 19 heavy (non-hydrogen) atoms. The van der Waals surface area contributed by atoms with Gasteiger partial charge in [-0.3, -0.25) is 0 Å². The number of rotatable bonds is 3. The molecule has 0 amide bonds. The summed E-state index contributed by atoms with van der Waals surface area (Å²) in [5, 5.41) is 35.2. The summed E-state index contributed by atoms with van der Waals surface area (Å²) in [6.07, 6.45) is 0. The standard InChI is InChI=1S/C10H16N6O3/c1-9(2,17)5-6(10(3,4)18)16(15-12-5)8-7(11)13-19-14-8/h17-18H,1-4H3,(H2,11,13). The van der Waals surface area contributed by atoms with Crippen LogP contribution in [-0.4, -0.2) is 35.5 Å². The monoisotopic (exact) mass is 268 g/mol. The zero-order valence-corrected chi connectivity index (χ0v) is 11.1. The van der Waals surface area contributed by atoms with Crippen LogP contribution in [0.3, 0.4) is 0 Å². The molecule has 9 nitrogen and oxygen atoms in total. The van der Waals surface area contributed by atoms with Crippen molar-refractivity contribution >= 4 is 5.82 Å². The molecule has 0 bridgehead atoms. The lowest BCUT2D eigenvalue weighted by Crippen LogP contribution is -2.28. The van der Waals surface area contributed by atoms with Crippen LogP contribution in [0, 0.1) is 0 Å². The third kappa shape index (κ3) is 2.29. The molecule has 0 aliphatic rings. The van der Waals surface area contributed by atoms with Crippen LogP contribution in [0.15, 0.2) is 4.63 Å². The van der Waals surface area contributed by atoms with Crippen LogP contribution in [-0.2, 0) is 11.2 Å². The van der Waals surface area contributed by atoms with Gasteiger partial charge in [0.05, 0.1) is 0 Å². The predicted octanol–water partition coefficient (Wildman–Crippen LogP) is -0.313. The summed E-state index contributed by atoms with van der Waals surface area (Å²) in [4.78, 5) is 0.